The van der Waals surface area contributed by atoms with Crippen molar-refractivity contribution in [2.75, 3.05) is 5.73 Å². The molecular formula is C14H13N3O3. The Morgan fingerprint density at radius 2 is 2.10 bits per heavy atom. The molecule has 3 amide bonds. The van der Waals surface area contributed by atoms with Gasteiger partial charge in [0.05, 0.1) is 12.5 Å². The number of carbonyl (C=O) groups excluding carboxylic acids is 3. The predicted molar refractivity (Wildman–Crippen MR) is 71.7 cm³/mol. The molecule has 1 atom stereocenters. The summed E-state index contributed by atoms with van der Waals surface area (Å²) in [6.45, 7) is 3.62. The van der Waals surface area contributed by atoms with Crippen LogP contribution < -0.4 is 11.1 Å². The number of allylic oxidation sites excluding steroid dienone is 1. The van der Waals surface area contributed by atoms with E-state index < -0.39 is 23.7 Å². The molecule has 1 saturated heterocycles. The molecule has 0 aliphatic carbocycles. The van der Waals surface area contributed by atoms with Crippen molar-refractivity contribution in [3.05, 3.63) is 41.6 Å². The van der Waals surface area contributed by atoms with Crippen molar-refractivity contribution in [3.63, 3.8) is 0 Å². The molecule has 102 valence electrons. The van der Waals surface area contributed by atoms with Gasteiger partial charge in [0.1, 0.15) is 6.02 Å². The SMILES string of the molecule is [2H][C@@]1(N2C(=O)c3cccc(N)c3C2=O)CCC(=C)NC1=O. The third-order valence-corrected chi connectivity index (χ3v) is 3.43. The van der Waals surface area contributed by atoms with Gasteiger partial charge < -0.3 is 11.1 Å². The summed E-state index contributed by atoms with van der Waals surface area (Å²) in [5.74, 6) is -2.10. The molecule has 0 unspecified atom stereocenters. The molecule has 3 rings (SSSR count). The fourth-order valence-corrected chi connectivity index (χ4v) is 2.45. The van der Waals surface area contributed by atoms with Gasteiger partial charge in [0.2, 0.25) is 5.91 Å². The maximum atomic E-state index is 12.5. The molecule has 6 nitrogen and oxygen atoms in total. The molecule has 1 aromatic rings. The number of hydrogen-bond acceptors (Lipinski definition) is 4. The van der Waals surface area contributed by atoms with Crippen molar-refractivity contribution in [3.8, 4) is 0 Å². The van der Waals surface area contributed by atoms with Crippen LogP contribution in [0.5, 0.6) is 0 Å². The molecule has 0 aromatic heterocycles. The van der Waals surface area contributed by atoms with Gasteiger partial charge in [-0.3, -0.25) is 19.3 Å². The van der Waals surface area contributed by atoms with E-state index in [0.29, 0.717) is 17.0 Å². The van der Waals surface area contributed by atoms with E-state index in [2.05, 4.69) is 11.9 Å². The number of piperidine rings is 1. The van der Waals surface area contributed by atoms with E-state index in [1.54, 1.807) is 6.07 Å². The Hall–Kier alpha value is -2.63. The average molecular weight is 272 g/mol. The number of nitrogens with zero attached hydrogens (tertiary/aromatic N) is 1. The summed E-state index contributed by atoms with van der Waals surface area (Å²) >= 11 is 0. The Bertz CT molecular complexity index is 715. The predicted octanol–water partition coefficient (Wildman–Crippen LogP) is 0.657. The fraction of sp³-hybridized carbons (Fsp3) is 0.214. The van der Waals surface area contributed by atoms with Gasteiger partial charge in [-0.15, -0.1) is 0 Å². The highest BCUT2D eigenvalue weighted by Crippen LogP contribution is 2.31. The van der Waals surface area contributed by atoms with E-state index in [4.69, 9.17) is 7.10 Å². The zero-order valence-corrected chi connectivity index (χ0v) is 10.6. The van der Waals surface area contributed by atoms with Gasteiger partial charge >= 0.3 is 0 Å². The molecule has 2 aliphatic heterocycles. The number of nitrogens with two attached hydrogens (primary N) is 1. The summed E-state index contributed by atoms with van der Waals surface area (Å²) in [5.41, 5.74) is 6.57. The second kappa shape index (κ2) is 4.19. The van der Waals surface area contributed by atoms with Crippen LogP contribution in [0.2, 0.25) is 0 Å². The molecule has 20 heavy (non-hydrogen) atoms. The number of hydrogen-bond donors (Lipinski definition) is 2. The van der Waals surface area contributed by atoms with Gasteiger partial charge in [-0.2, -0.15) is 0 Å². The average Bonchev–Trinajstić information content (AvgIpc) is 2.68. The monoisotopic (exact) mass is 272 g/mol. The van der Waals surface area contributed by atoms with Crippen molar-refractivity contribution < 1.29 is 15.8 Å². The van der Waals surface area contributed by atoms with Crippen LogP contribution in [0.25, 0.3) is 0 Å². The van der Waals surface area contributed by atoms with Gasteiger partial charge in [0.25, 0.3) is 11.8 Å². The molecule has 6 heteroatoms. The lowest BCUT2D eigenvalue weighted by molar-refractivity contribution is -0.125. The van der Waals surface area contributed by atoms with Gasteiger partial charge in [-0.05, 0) is 25.0 Å². The van der Waals surface area contributed by atoms with Gasteiger partial charge in [0, 0.05) is 11.4 Å². The second-order valence-corrected chi connectivity index (χ2v) is 4.72. The lowest BCUT2D eigenvalue weighted by Crippen LogP contribution is -2.51. The number of carbonyl (C=O) groups is 3. The van der Waals surface area contributed by atoms with Gasteiger partial charge in [-0.25, -0.2) is 0 Å². The maximum absolute atomic E-state index is 12.5. The number of nitrogens with one attached hydrogen (secondary N) is 1. The van der Waals surface area contributed by atoms with Crippen LogP contribution in [0.4, 0.5) is 5.69 Å². The van der Waals surface area contributed by atoms with Crippen molar-refractivity contribution in [2.45, 2.75) is 18.9 Å². The lowest BCUT2D eigenvalue weighted by atomic mass is 10.0. The van der Waals surface area contributed by atoms with Crippen LogP contribution in [0.15, 0.2) is 30.5 Å². The van der Waals surface area contributed by atoms with Crippen molar-refractivity contribution >= 4 is 23.4 Å². The zero-order chi connectivity index (χ0) is 15.4. The standard InChI is InChI=1S/C14H13N3O3/c1-7-5-6-10(12(18)16-7)17-13(19)8-3-2-4-9(15)11(8)14(17)20/h2-4,10H,1,5-6,15H2,(H,16,18)/t10-/m1/s1/i10D. The number of nitrogen functional groups attached to an aromatic ring is 1. The minimum absolute atomic E-state index is 0.0169. The minimum Gasteiger partial charge on any atom is -0.398 e. The van der Waals surface area contributed by atoms with E-state index in [9.17, 15) is 14.4 Å². The smallest absolute Gasteiger partial charge is 0.264 e. The largest absolute Gasteiger partial charge is 0.398 e. The Labute approximate surface area is 116 Å². The molecule has 2 heterocycles. The van der Waals surface area contributed by atoms with Crippen LogP contribution in [0.1, 0.15) is 34.9 Å². The quantitative estimate of drug-likeness (QED) is 0.580. The fourth-order valence-electron chi connectivity index (χ4n) is 2.45. The number of anilines is 1. The molecule has 2 aliphatic rings. The Kier molecular flexibility index (Phi) is 2.35. The topological polar surface area (TPSA) is 92.5 Å². The number of rotatable bonds is 1. The number of fused-ring (bicyclic) bond motifs is 1. The van der Waals surface area contributed by atoms with Crippen LogP contribution in [0, 0.1) is 0 Å². The highest BCUT2D eigenvalue weighted by molar-refractivity contribution is 6.25. The Morgan fingerprint density at radius 3 is 2.75 bits per heavy atom. The summed E-state index contributed by atoms with van der Waals surface area (Å²) in [7, 11) is 0. The van der Waals surface area contributed by atoms with Crippen molar-refractivity contribution in [1.29, 1.82) is 0 Å². The number of benzene rings is 1. The summed E-state index contributed by atoms with van der Waals surface area (Å²) < 4.78 is 8.31. The normalized spacial score (nSPS) is 26.4. The van der Waals surface area contributed by atoms with Crippen molar-refractivity contribution in [2.24, 2.45) is 0 Å². The third-order valence-electron chi connectivity index (χ3n) is 3.43. The summed E-state index contributed by atoms with van der Waals surface area (Å²) in [6, 6.07) is 2.56. The summed E-state index contributed by atoms with van der Waals surface area (Å²) in [4.78, 5) is 37.7. The highest BCUT2D eigenvalue weighted by Gasteiger charge is 2.44. The van der Waals surface area contributed by atoms with Gasteiger partial charge in [0.15, 0.2) is 0 Å². The highest BCUT2D eigenvalue weighted by atomic mass is 16.2. The van der Waals surface area contributed by atoms with Crippen LogP contribution in [-0.2, 0) is 4.79 Å². The number of imide groups is 1. The molecular weight excluding hydrogens is 258 g/mol. The molecule has 0 bridgehead atoms. The number of amides is 3. The first-order chi connectivity index (χ1) is 9.86. The molecule has 3 N–H and O–H groups in total. The maximum Gasteiger partial charge on any atom is 0.264 e. The molecule has 0 saturated carbocycles. The Balaban J connectivity index is 2.08. The van der Waals surface area contributed by atoms with Crippen molar-refractivity contribution in [1.82, 2.24) is 10.2 Å². The molecule has 0 radical (unpaired) electrons. The minimum atomic E-state index is -1.97. The first-order valence-electron chi connectivity index (χ1n) is 6.63. The van der Waals surface area contributed by atoms with E-state index >= 15 is 0 Å². The Morgan fingerprint density at radius 1 is 1.35 bits per heavy atom. The first kappa shape index (κ1) is 11.2. The lowest BCUT2D eigenvalue weighted by Gasteiger charge is -2.29. The van der Waals surface area contributed by atoms with Gasteiger partial charge in [-0.1, -0.05) is 12.6 Å². The molecule has 1 fully saturated rings. The third kappa shape index (κ3) is 1.61. The summed E-state index contributed by atoms with van der Waals surface area (Å²) in [5, 5.41) is 2.43. The van der Waals surface area contributed by atoms with E-state index in [-0.39, 0.29) is 23.2 Å². The summed E-state index contributed by atoms with van der Waals surface area (Å²) in [6.07, 6.45) is 0.348. The first-order valence-corrected chi connectivity index (χ1v) is 6.13. The van der Waals surface area contributed by atoms with Crippen LogP contribution in [-0.4, -0.2) is 28.6 Å². The zero-order valence-electron chi connectivity index (χ0n) is 11.6. The molecule has 0 spiro atoms. The molecule has 1 aromatic carbocycles. The van der Waals surface area contributed by atoms with Crippen LogP contribution in [0.3, 0.4) is 0 Å². The van der Waals surface area contributed by atoms with E-state index in [1.165, 1.54) is 12.1 Å². The van der Waals surface area contributed by atoms with E-state index in [0.717, 1.165) is 0 Å². The second-order valence-electron chi connectivity index (χ2n) is 4.72. The van der Waals surface area contributed by atoms with Crippen LogP contribution >= 0.6 is 0 Å². The van der Waals surface area contributed by atoms with E-state index in [1.807, 2.05) is 0 Å².